The lowest BCUT2D eigenvalue weighted by Gasteiger charge is -2.32. The quantitative estimate of drug-likeness (QED) is 0.564. The van der Waals surface area contributed by atoms with Crippen molar-refractivity contribution in [1.29, 1.82) is 0 Å². The fourth-order valence-corrected chi connectivity index (χ4v) is 1.87. The molecule has 2 nitrogen and oxygen atoms in total. The molecule has 0 bridgehead atoms. The fraction of sp³-hybridized carbons (Fsp3) is 1.00. The van der Waals surface area contributed by atoms with E-state index in [4.69, 9.17) is 0 Å². The number of rotatable bonds is 2. The van der Waals surface area contributed by atoms with Crippen molar-refractivity contribution in [3.63, 3.8) is 0 Å². The Bertz CT molecular complexity index is 146. The summed E-state index contributed by atoms with van der Waals surface area (Å²) in [5.74, 6) is 0. The van der Waals surface area contributed by atoms with Crippen molar-refractivity contribution in [3.8, 4) is 0 Å². The molecule has 0 aromatic rings. The lowest BCUT2D eigenvalue weighted by molar-refractivity contribution is -0.893. The number of likely N-dealkylation sites (tertiary alicyclic amines) is 1. The molecule has 0 spiro atoms. The van der Waals surface area contributed by atoms with Crippen LogP contribution in [-0.2, 0) is 0 Å². The normalized spacial score (nSPS) is 27.0. The van der Waals surface area contributed by atoms with Crippen molar-refractivity contribution in [2.75, 3.05) is 34.2 Å². The molecule has 0 aromatic carbocycles. The van der Waals surface area contributed by atoms with Gasteiger partial charge in [0.2, 0.25) is 0 Å². The van der Waals surface area contributed by atoms with Gasteiger partial charge in [0.25, 0.3) is 0 Å². The summed E-state index contributed by atoms with van der Waals surface area (Å²) in [5, 5.41) is 0. The molecule has 12 heavy (non-hydrogen) atoms. The first-order chi connectivity index (χ1) is 5.41. The van der Waals surface area contributed by atoms with E-state index < -0.39 is 0 Å². The van der Waals surface area contributed by atoms with Gasteiger partial charge in [-0.25, -0.2) is 0 Å². The SMILES string of the molecule is CC(C)N1CCC([N+](C)(C)C)C1. The molecule has 1 heterocycles. The maximum atomic E-state index is 2.58. The summed E-state index contributed by atoms with van der Waals surface area (Å²) in [7, 11) is 6.90. The van der Waals surface area contributed by atoms with Crippen LogP contribution in [0.25, 0.3) is 0 Å². The van der Waals surface area contributed by atoms with E-state index in [2.05, 4.69) is 39.9 Å². The van der Waals surface area contributed by atoms with Gasteiger partial charge in [0.1, 0.15) is 6.04 Å². The third-order valence-electron chi connectivity index (χ3n) is 3.02. The van der Waals surface area contributed by atoms with Gasteiger partial charge < -0.3 is 4.48 Å². The molecular weight excluding hydrogens is 148 g/mol. The van der Waals surface area contributed by atoms with Crippen molar-refractivity contribution in [2.24, 2.45) is 0 Å². The molecule has 1 rings (SSSR count). The Morgan fingerprint density at radius 1 is 1.25 bits per heavy atom. The predicted octanol–water partition coefficient (Wildman–Crippen LogP) is 1.18. The van der Waals surface area contributed by atoms with Gasteiger partial charge >= 0.3 is 0 Å². The smallest absolute Gasteiger partial charge is 0.102 e. The number of nitrogens with zero attached hydrogens (tertiary/aromatic N) is 2. The van der Waals surface area contributed by atoms with Crippen LogP contribution in [0.3, 0.4) is 0 Å². The van der Waals surface area contributed by atoms with E-state index in [1.54, 1.807) is 0 Å². The van der Waals surface area contributed by atoms with Crippen LogP contribution in [-0.4, -0.2) is 55.7 Å². The van der Waals surface area contributed by atoms with Crippen LogP contribution >= 0.6 is 0 Å². The number of likely N-dealkylation sites (N-methyl/N-ethyl adjacent to an activating group) is 1. The van der Waals surface area contributed by atoms with Crippen LogP contribution < -0.4 is 0 Å². The van der Waals surface area contributed by atoms with Gasteiger partial charge in [-0.05, 0) is 13.8 Å². The second-order valence-electron chi connectivity index (χ2n) is 5.15. The van der Waals surface area contributed by atoms with Crippen LogP contribution in [0.1, 0.15) is 20.3 Å². The molecule has 1 saturated heterocycles. The summed E-state index contributed by atoms with van der Waals surface area (Å²) < 4.78 is 1.11. The highest BCUT2D eigenvalue weighted by atomic mass is 15.4. The zero-order valence-electron chi connectivity index (χ0n) is 9.17. The zero-order chi connectivity index (χ0) is 9.35. The van der Waals surface area contributed by atoms with Gasteiger partial charge in [0.05, 0.1) is 27.7 Å². The minimum Gasteiger partial charge on any atom is -0.327 e. The molecule has 0 radical (unpaired) electrons. The molecule has 1 fully saturated rings. The zero-order valence-corrected chi connectivity index (χ0v) is 9.17. The Balaban J connectivity index is 2.46. The highest BCUT2D eigenvalue weighted by Gasteiger charge is 2.32. The maximum absolute atomic E-state index is 2.58. The van der Waals surface area contributed by atoms with E-state index in [1.807, 2.05) is 0 Å². The average Bonchev–Trinajstić information content (AvgIpc) is 2.30. The first-order valence-corrected chi connectivity index (χ1v) is 4.96. The Morgan fingerprint density at radius 3 is 2.08 bits per heavy atom. The summed E-state index contributed by atoms with van der Waals surface area (Å²) >= 11 is 0. The van der Waals surface area contributed by atoms with Crippen LogP contribution in [0.4, 0.5) is 0 Å². The van der Waals surface area contributed by atoms with Crippen LogP contribution in [0.15, 0.2) is 0 Å². The molecule has 0 aliphatic carbocycles. The standard InChI is InChI=1S/C10H23N2/c1-9(2)11-7-6-10(8-11)12(3,4)5/h9-10H,6-8H2,1-5H3/q+1. The molecule has 0 amide bonds. The highest BCUT2D eigenvalue weighted by Crippen LogP contribution is 2.19. The molecule has 1 aliphatic heterocycles. The third-order valence-corrected chi connectivity index (χ3v) is 3.02. The minimum absolute atomic E-state index is 0.724. The average molecular weight is 171 g/mol. The molecule has 0 saturated carbocycles. The Kier molecular flexibility index (Phi) is 2.79. The third kappa shape index (κ3) is 2.20. The van der Waals surface area contributed by atoms with Crippen molar-refractivity contribution in [3.05, 3.63) is 0 Å². The van der Waals surface area contributed by atoms with Crippen molar-refractivity contribution in [2.45, 2.75) is 32.4 Å². The van der Waals surface area contributed by atoms with E-state index in [0.29, 0.717) is 0 Å². The summed E-state index contributed by atoms with van der Waals surface area (Å²) in [6, 6.07) is 1.56. The van der Waals surface area contributed by atoms with Gasteiger partial charge in [0, 0.05) is 19.0 Å². The number of hydrogen-bond acceptors (Lipinski definition) is 1. The minimum atomic E-state index is 0.724. The number of hydrogen-bond donors (Lipinski definition) is 0. The van der Waals surface area contributed by atoms with E-state index in [-0.39, 0.29) is 0 Å². The van der Waals surface area contributed by atoms with E-state index in [0.717, 1.165) is 16.6 Å². The van der Waals surface area contributed by atoms with Crippen LogP contribution in [0, 0.1) is 0 Å². The number of quaternary nitrogens is 1. The first-order valence-electron chi connectivity index (χ1n) is 4.96. The summed E-state index contributed by atoms with van der Waals surface area (Å²) in [6.45, 7) is 7.15. The Labute approximate surface area is 76.7 Å². The maximum Gasteiger partial charge on any atom is 0.102 e. The van der Waals surface area contributed by atoms with Crippen molar-refractivity contribution >= 4 is 0 Å². The van der Waals surface area contributed by atoms with Crippen LogP contribution in [0.2, 0.25) is 0 Å². The van der Waals surface area contributed by atoms with Gasteiger partial charge in [-0.15, -0.1) is 0 Å². The summed E-state index contributed by atoms with van der Waals surface area (Å²) in [4.78, 5) is 2.58. The molecule has 0 N–H and O–H groups in total. The van der Waals surface area contributed by atoms with Gasteiger partial charge in [-0.2, -0.15) is 0 Å². The summed E-state index contributed by atoms with van der Waals surface area (Å²) in [5.41, 5.74) is 0. The molecule has 1 atom stereocenters. The predicted molar refractivity (Wildman–Crippen MR) is 53.1 cm³/mol. The van der Waals surface area contributed by atoms with E-state index >= 15 is 0 Å². The second-order valence-corrected chi connectivity index (χ2v) is 5.15. The molecule has 1 aliphatic rings. The van der Waals surface area contributed by atoms with Crippen LogP contribution in [0.5, 0.6) is 0 Å². The first kappa shape index (κ1) is 10.0. The highest BCUT2D eigenvalue weighted by molar-refractivity contribution is 4.77. The van der Waals surface area contributed by atoms with Crippen molar-refractivity contribution < 1.29 is 4.48 Å². The molecule has 2 heteroatoms. The van der Waals surface area contributed by atoms with Gasteiger partial charge in [-0.1, -0.05) is 0 Å². The summed E-state index contributed by atoms with van der Waals surface area (Å²) in [6.07, 6.45) is 1.36. The molecular formula is C10H23N2+. The fourth-order valence-electron chi connectivity index (χ4n) is 1.87. The van der Waals surface area contributed by atoms with Crippen molar-refractivity contribution in [1.82, 2.24) is 4.90 Å². The monoisotopic (exact) mass is 171 g/mol. The lowest BCUT2D eigenvalue weighted by atomic mass is 10.2. The van der Waals surface area contributed by atoms with E-state index in [1.165, 1.54) is 19.5 Å². The lowest BCUT2D eigenvalue weighted by Crippen LogP contribution is -2.47. The Morgan fingerprint density at radius 2 is 1.83 bits per heavy atom. The molecule has 1 unspecified atom stereocenters. The molecule has 72 valence electrons. The van der Waals surface area contributed by atoms with E-state index in [9.17, 15) is 0 Å². The second kappa shape index (κ2) is 3.35. The topological polar surface area (TPSA) is 3.24 Å². The Hall–Kier alpha value is -0.0800. The largest absolute Gasteiger partial charge is 0.327 e. The molecule has 0 aromatic heterocycles. The van der Waals surface area contributed by atoms with Gasteiger partial charge in [0.15, 0.2) is 0 Å². The van der Waals surface area contributed by atoms with Gasteiger partial charge in [-0.3, -0.25) is 4.90 Å².